The lowest BCUT2D eigenvalue weighted by Gasteiger charge is -2.35. The molecule has 0 saturated carbocycles. The van der Waals surface area contributed by atoms with Gasteiger partial charge in [-0.3, -0.25) is 4.98 Å². The number of ether oxygens (including phenoxy) is 3. The van der Waals surface area contributed by atoms with Crippen LogP contribution in [-0.4, -0.2) is 70.3 Å². The number of piperidine rings is 2. The minimum atomic E-state index is -4.58. The van der Waals surface area contributed by atoms with Crippen molar-refractivity contribution in [1.29, 1.82) is 0 Å². The molecule has 6 rings (SSSR count). The minimum Gasteiger partial charge on any atom is -0.493 e. The van der Waals surface area contributed by atoms with Crippen molar-refractivity contribution in [3.8, 4) is 23.0 Å². The van der Waals surface area contributed by atoms with Crippen molar-refractivity contribution in [2.45, 2.75) is 78.6 Å². The van der Waals surface area contributed by atoms with Gasteiger partial charge in [0.15, 0.2) is 11.5 Å². The van der Waals surface area contributed by atoms with E-state index in [1.807, 2.05) is 34.7 Å². The number of carbonyl (C=O) groups is 2. The van der Waals surface area contributed by atoms with E-state index in [1.54, 1.807) is 53.6 Å². The molecule has 3 heterocycles. The largest absolute Gasteiger partial charge is 0.493 e. The molecule has 2 amide bonds. The zero-order valence-electron chi connectivity index (χ0n) is 33.7. The molecule has 306 valence electrons. The van der Waals surface area contributed by atoms with Crippen molar-refractivity contribution in [2.75, 3.05) is 56.4 Å². The summed E-state index contributed by atoms with van der Waals surface area (Å²) < 4.78 is 58.9. The number of hydrogen-bond donors (Lipinski definition) is 4. The molecule has 2 saturated heterocycles. The van der Waals surface area contributed by atoms with E-state index in [1.165, 1.54) is 26.4 Å². The fraction of sp³-hybridized carbons (Fsp3) is 0.452. The molecule has 3 aromatic carbocycles. The molecule has 14 heteroatoms. The topological polar surface area (TPSA) is 126 Å². The standard InChI is InChI=1S/C31H32F3N5O4.C7H13NO.2C2H6/c1-35-19-10-13-39(14-11-19)26-8-7-21(16-24(26)31(32,33)34)38-30(40)37-20-5-4-6-22(15-20)43-27-9-12-36-25-18-29(42-3)28(41-2)17-23(25)27;1-6-4-7(5-9)2-3-8-6;2*1-2/h4-9,12,15-19,35H,10-11,13-14H2,1-3H3,(H2,37,38,40);5-8H,2-4H2,1H3;2*1-2H3. The average Bonchev–Trinajstić information content (AvgIpc) is 3.22. The molecule has 56 heavy (non-hydrogen) atoms. The maximum atomic E-state index is 14.0. The highest BCUT2D eigenvalue weighted by Gasteiger charge is 2.36. The van der Waals surface area contributed by atoms with Gasteiger partial charge >= 0.3 is 12.2 Å². The smallest absolute Gasteiger partial charge is 0.418 e. The molecule has 2 atom stereocenters. The molecule has 4 aromatic rings. The van der Waals surface area contributed by atoms with Crippen LogP contribution in [0.3, 0.4) is 0 Å². The number of carbonyl (C=O) groups excluding carboxylic acids is 2. The van der Waals surface area contributed by atoms with Gasteiger partial charge in [-0.25, -0.2) is 4.79 Å². The normalized spacial score (nSPS) is 16.7. The second kappa shape index (κ2) is 22.5. The van der Waals surface area contributed by atoms with Gasteiger partial charge in [0.25, 0.3) is 0 Å². The van der Waals surface area contributed by atoms with Gasteiger partial charge in [0.1, 0.15) is 17.8 Å². The summed E-state index contributed by atoms with van der Waals surface area (Å²) in [6, 6.07) is 15.8. The Labute approximate surface area is 328 Å². The van der Waals surface area contributed by atoms with Gasteiger partial charge in [-0.2, -0.15) is 13.2 Å². The lowest BCUT2D eigenvalue weighted by atomic mass is 9.95. The second-order valence-electron chi connectivity index (χ2n) is 12.8. The minimum absolute atomic E-state index is 0.0266. The maximum Gasteiger partial charge on any atom is 0.418 e. The molecule has 1 aromatic heterocycles. The van der Waals surface area contributed by atoms with E-state index in [-0.39, 0.29) is 17.4 Å². The van der Waals surface area contributed by atoms with Gasteiger partial charge in [0, 0.05) is 71.9 Å². The molecule has 2 aliphatic heterocycles. The number of rotatable bonds is 9. The third-order valence-electron chi connectivity index (χ3n) is 9.19. The van der Waals surface area contributed by atoms with Crippen molar-refractivity contribution in [3.05, 3.63) is 72.4 Å². The lowest BCUT2D eigenvalue weighted by Crippen LogP contribution is -2.41. The molecule has 4 N–H and O–H groups in total. The summed E-state index contributed by atoms with van der Waals surface area (Å²) in [7, 11) is 4.93. The first kappa shape index (κ1) is 45.3. The zero-order valence-corrected chi connectivity index (χ0v) is 33.7. The summed E-state index contributed by atoms with van der Waals surface area (Å²) in [5, 5.41) is 12.3. The number of urea groups is 1. The monoisotopic (exact) mass is 782 g/mol. The third-order valence-corrected chi connectivity index (χ3v) is 9.19. The molecule has 0 bridgehead atoms. The first-order valence-corrected chi connectivity index (χ1v) is 19.2. The Morgan fingerprint density at radius 2 is 1.55 bits per heavy atom. The molecule has 2 unspecified atom stereocenters. The van der Waals surface area contributed by atoms with E-state index < -0.39 is 17.8 Å². The first-order valence-electron chi connectivity index (χ1n) is 19.2. The third kappa shape index (κ3) is 12.7. The van der Waals surface area contributed by atoms with Crippen molar-refractivity contribution in [3.63, 3.8) is 0 Å². The molecular weight excluding hydrogens is 725 g/mol. The Balaban J connectivity index is 0.000000557. The van der Waals surface area contributed by atoms with Crippen LogP contribution in [0.25, 0.3) is 10.9 Å². The fourth-order valence-electron chi connectivity index (χ4n) is 6.41. The number of nitrogens with zero attached hydrogens (tertiary/aromatic N) is 2. The second-order valence-corrected chi connectivity index (χ2v) is 12.8. The molecule has 2 aliphatic rings. The van der Waals surface area contributed by atoms with Crippen LogP contribution in [0.2, 0.25) is 0 Å². The predicted molar refractivity (Wildman–Crippen MR) is 219 cm³/mol. The zero-order chi connectivity index (χ0) is 41.3. The van der Waals surface area contributed by atoms with Crippen LogP contribution < -0.4 is 40.4 Å². The van der Waals surface area contributed by atoms with Crippen molar-refractivity contribution >= 4 is 40.3 Å². The number of fused-ring (bicyclic) bond motifs is 1. The number of halogens is 3. The predicted octanol–water partition coefficient (Wildman–Crippen LogP) is 9.52. The first-order chi connectivity index (χ1) is 27.0. The summed E-state index contributed by atoms with van der Waals surface area (Å²) >= 11 is 0. The maximum absolute atomic E-state index is 14.0. The number of methoxy groups -OCH3 is 2. The highest BCUT2D eigenvalue weighted by Crippen LogP contribution is 2.40. The van der Waals surface area contributed by atoms with E-state index in [0.717, 1.165) is 44.6 Å². The Morgan fingerprint density at radius 3 is 2.14 bits per heavy atom. The van der Waals surface area contributed by atoms with Crippen LogP contribution in [-0.2, 0) is 11.0 Å². The van der Waals surface area contributed by atoms with Crippen LogP contribution in [0, 0.1) is 5.92 Å². The number of benzene rings is 3. The number of nitrogens with one attached hydrogen (secondary N) is 4. The van der Waals surface area contributed by atoms with Crippen molar-refractivity contribution in [1.82, 2.24) is 15.6 Å². The van der Waals surface area contributed by atoms with Gasteiger partial charge in [-0.15, -0.1) is 0 Å². The average molecular weight is 783 g/mol. The number of anilines is 3. The number of hydrogen-bond acceptors (Lipinski definition) is 9. The Morgan fingerprint density at radius 1 is 0.893 bits per heavy atom. The van der Waals surface area contributed by atoms with Crippen molar-refractivity contribution in [2.24, 2.45) is 5.92 Å². The molecule has 0 radical (unpaired) electrons. The highest BCUT2D eigenvalue weighted by atomic mass is 19.4. The van der Waals surface area contributed by atoms with E-state index in [9.17, 15) is 22.8 Å². The number of pyridine rings is 1. The van der Waals surface area contributed by atoms with Gasteiger partial charge in [-0.05, 0) is 88.7 Å². The van der Waals surface area contributed by atoms with Gasteiger partial charge in [0.2, 0.25) is 0 Å². The Kier molecular flexibility index (Phi) is 18.2. The summed E-state index contributed by atoms with van der Waals surface area (Å²) in [4.78, 5) is 29.2. The molecule has 2 fully saturated rings. The lowest BCUT2D eigenvalue weighted by molar-refractivity contribution is -0.137. The number of alkyl halides is 3. The quantitative estimate of drug-likeness (QED) is 0.123. The molecule has 11 nitrogen and oxygen atoms in total. The van der Waals surface area contributed by atoms with Gasteiger partial charge in [-0.1, -0.05) is 33.8 Å². The van der Waals surface area contributed by atoms with E-state index in [2.05, 4.69) is 33.2 Å². The Bertz CT molecular complexity index is 1830. The molecule has 0 aliphatic carbocycles. The van der Waals surface area contributed by atoms with Crippen LogP contribution in [0.5, 0.6) is 23.0 Å². The summed E-state index contributed by atoms with van der Waals surface area (Å²) in [5.41, 5.74) is 0.363. The van der Waals surface area contributed by atoms with Crippen LogP contribution in [0.1, 0.15) is 65.9 Å². The number of aldehydes is 1. The van der Waals surface area contributed by atoms with Crippen molar-refractivity contribution < 1.29 is 37.0 Å². The van der Waals surface area contributed by atoms with Crippen LogP contribution in [0.4, 0.5) is 35.0 Å². The number of aromatic nitrogens is 1. The highest BCUT2D eigenvalue weighted by molar-refractivity contribution is 6.00. The van der Waals surface area contributed by atoms with E-state index in [4.69, 9.17) is 14.2 Å². The number of amides is 2. The van der Waals surface area contributed by atoms with Crippen LogP contribution in [0.15, 0.2) is 66.9 Å². The Hall–Kier alpha value is -5.08. The summed E-state index contributed by atoms with van der Waals surface area (Å²) in [6.07, 6.45) is 1.64. The van der Waals surface area contributed by atoms with E-state index in [0.29, 0.717) is 64.6 Å². The molecule has 0 spiro atoms. The SMILES string of the molecule is CC.CC.CC1CC(C=O)CCN1.CNC1CCN(c2ccc(NC(=O)Nc3cccc(Oc4ccnc5cc(OC)c(OC)cc45)c3)cc2C(F)(F)F)CC1. The van der Waals surface area contributed by atoms with Gasteiger partial charge < -0.3 is 45.2 Å². The van der Waals surface area contributed by atoms with E-state index >= 15 is 0 Å². The fourth-order valence-corrected chi connectivity index (χ4v) is 6.41. The van der Waals surface area contributed by atoms with Gasteiger partial charge in [0.05, 0.1) is 25.3 Å². The van der Waals surface area contributed by atoms with Crippen LogP contribution >= 0.6 is 0 Å². The molecular formula is C42H57F3N6O5. The summed E-state index contributed by atoms with van der Waals surface area (Å²) in [6.45, 7) is 12.1. The summed E-state index contributed by atoms with van der Waals surface area (Å²) in [5.74, 6) is 2.29.